The number of piperidine rings is 1. The zero-order chi connectivity index (χ0) is 18.7. The van der Waals surface area contributed by atoms with Crippen molar-refractivity contribution in [3.8, 4) is 0 Å². The lowest BCUT2D eigenvalue weighted by Crippen LogP contribution is -2.38. The number of rotatable bonds is 4. The number of benzene rings is 1. The average Bonchev–Trinajstić information content (AvgIpc) is 3.01. The van der Waals surface area contributed by atoms with Crippen LogP contribution in [0.25, 0.3) is 0 Å². The van der Waals surface area contributed by atoms with Crippen LogP contribution >= 0.6 is 11.8 Å². The fraction of sp³-hybridized carbons (Fsp3) is 0.471. The number of carbonyl (C=O) groups excluding carboxylic acids is 1. The molecule has 1 aromatic carbocycles. The molecule has 2 heterocycles. The van der Waals surface area contributed by atoms with Gasteiger partial charge in [-0.1, -0.05) is 42.1 Å². The number of aromatic nitrogens is 3. The molecule has 140 valence electrons. The molecule has 1 aliphatic heterocycles. The van der Waals surface area contributed by atoms with Crippen LogP contribution in [0.3, 0.4) is 0 Å². The van der Waals surface area contributed by atoms with E-state index in [1.807, 2.05) is 18.2 Å². The lowest BCUT2D eigenvalue weighted by atomic mass is 10.1. The van der Waals surface area contributed by atoms with E-state index in [-0.39, 0.29) is 11.1 Å². The molecule has 0 aliphatic carbocycles. The highest BCUT2D eigenvalue weighted by Gasteiger charge is 2.38. The van der Waals surface area contributed by atoms with Gasteiger partial charge in [0.25, 0.3) is 0 Å². The SMILES string of the molecule is Cn1c(SC(C(=O)N2CCCCC2)c2ccccc2)nnc1C(F)(F)F. The maximum Gasteiger partial charge on any atom is 0.451 e. The van der Waals surface area contributed by atoms with E-state index in [1.54, 1.807) is 17.0 Å². The Hall–Kier alpha value is -2.03. The van der Waals surface area contributed by atoms with Gasteiger partial charge in [0.05, 0.1) is 0 Å². The number of likely N-dealkylation sites (tertiary alicyclic amines) is 1. The van der Waals surface area contributed by atoms with Crippen molar-refractivity contribution in [3.05, 3.63) is 41.7 Å². The number of halogens is 3. The summed E-state index contributed by atoms with van der Waals surface area (Å²) in [6.45, 7) is 1.35. The fourth-order valence-electron chi connectivity index (χ4n) is 2.94. The third-order valence-corrected chi connectivity index (χ3v) is 5.58. The molecule has 9 heteroatoms. The number of hydrogen-bond donors (Lipinski definition) is 0. The minimum Gasteiger partial charge on any atom is -0.341 e. The van der Waals surface area contributed by atoms with Gasteiger partial charge in [0.1, 0.15) is 5.25 Å². The van der Waals surface area contributed by atoms with Gasteiger partial charge in [-0.3, -0.25) is 4.79 Å². The summed E-state index contributed by atoms with van der Waals surface area (Å²) in [5.74, 6) is -1.17. The minimum atomic E-state index is -4.58. The maximum atomic E-state index is 13.0. The Bertz CT molecular complexity index is 757. The third kappa shape index (κ3) is 4.03. The van der Waals surface area contributed by atoms with Gasteiger partial charge in [-0.25, -0.2) is 0 Å². The second kappa shape index (κ2) is 7.69. The highest BCUT2D eigenvalue weighted by atomic mass is 32.2. The van der Waals surface area contributed by atoms with Gasteiger partial charge in [0, 0.05) is 20.1 Å². The average molecular weight is 384 g/mol. The molecule has 0 bridgehead atoms. The van der Waals surface area contributed by atoms with E-state index in [4.69, 9.17) is 0 Å². The second-order valence-electron chi connectivity index (χ2n) is 6.16. The topological polar surface area (TPSA) is 51.0 Å². The van der Waals surface area contributed by atoms with E-state index in [0.29, 0.717) is 13.1 Å². The normalized spacial score (nSPS) is 16.5. The highest BCUT2D eigenvalue weighted by molar-refractivity contribution is 8.00. The summed E-state index contributed by atoms with van der Waals surface area (Å²) in [7, 11) is 1.26. The van der Waals surface area contributed by atoms with Crippen molar-refractivity contribution >= 4 is 17.7 Å². The summed E-state index contributed by atoms with van der Waals surface area (Å²) in [6.07, 6.45) is -1.61. The van der Waals surface area contributed by atoms with Crippen LogP contribution in [0.2, 0.25) is 0 Å². The second-order valence-corrected chi connectivity index (χ2v) is 7.23. The molecule has 1 aromatic heterocycles. The molecule has 0 saturated carbocycles. The molecular formula is C17H19F3N4OS. The molecule has 0 radical (unpaired) electrons. The molecule has 1 unspecified atom stereocenters. The van der Waals surface area contributed by atoms with Gasteiger partial charge in [0.2, 0.25) is 11.7 Å². The van der Waals surface area contributed by atoms with E-state index in [2.05, 4.69) is 10.2 Å². The number of alkyl halides is 3. The Labute approximate surface area is 153 Å². The Kier molecular flexibility index (Phi) is 5.55. The van der Waals surface area contributed by atoms with Crippen molar-refractivity contribution < 1.29 is 18.0 Å². The molecule has 3 rings (SSSR count). The molecule has 1 saturated heterocycles. The van der Waals surface area contributed by atoms with Crippen molar-refractivity contribution in [1.29, 1.82) is 0 Å². The van der Waals surface area contributed by atoms with E-state index in [9.17, 15) is 18.0 Å². The fourth-order valence-corrected chi connectivity index (χ4v) is 4.03. The van der Waals surface area contributed by atoms with Crippen LogP contribution in [-0.2, 0) is 18.0 Å². The first-order valence-corrected chi connectivity index (χ1v) is 9.23. The number of hydrogen-bond acceptors (Lipinski definition) is 4. The highest BCUT2D eigenvalue weighted by Crippen LogP contribution is 2.38. The molecule has 1 aliphatic rings. The van der Waals surface area contributed by atoms with Crippen LogP contribution in [0.4, 0.5) is 13.2 Å². The molecule has 0 N–H and O–H groups in total. The number of amides is 1. The molecule has 1 amide bonds. The third-order valence-electron chi connectivity index (χ3n) is 4.31. The minimum absolute atomic E-state index is 0.0662. The molecule has 26 heavy (non-hydrogen) atoms. The van der Waals surface area contributed by atoms with E-state index < -0.39 is 17.3 Å². The number of thioether (sulfide) groups is 1. The standard InChI is InChI=1S/C17H19F3N4OS/c1-23-15(17(18,19)20)21-22-16(23)26-13(12-8-4-2-5-9-12)14(25)24-10-6-3-7-11-24/h2,4-5,8-9,13H,3,6-7,10-11H2,1H3. The smallest absolute Gasteiger partial charge is 0.341 e. The van der Waals surface area contributed by atoms with Gasteiger partial charge >= 0.3 is 6.18 Å². The quantitative estimate of drug-likeness (QED) is 0.755. The van der Waals surface area contributed by atoms with E-state index in [1.165, 1.54) is 7.05 Å². The first-order chi connectivity index (χ1) is 12.4. The summed E-state index contributed by atoms with van der Waals surface area (Å²) in [5.41, 5.74) is 0.740. The van der Waals surface area contributed by atoms with Crippen molar-refractivity contribution in [1.82, 2.24) is 19.7 Å². The molecule has 1 fully saturated rings. The Morgan fingerprint density at radius 2 is 1.77 bits per heavy atom. The zero-order valence-electron chi connectivity index (χ0n) is 14.2. The Morgan fingerprint density at radius 3 is 2.35 bits per heavy atom. The predicted octanol–water partition coefficient (Wildman–Crippen LogP) is 3.68. The lowest BCUT2D eigenvalue weighted by Gasteiger charge is -2.30. The monoisotopic (exact) mass is 384 g/mol. The van der Waals surface area contributed by atoms with Crippen molar-refractivity contribution in [2.45, 2.75) is 35.8 Å². The van der Waals surface area contributed by atoms with Gasteiger partial charge in [0.15, 0.2) is 5.16 Å². The summed E-state index contributed by atoms with van der Waals surface area (Å²) in [6, 6.07) is 9.07. The van der Waals surface area contributed by atoms with Crippen molar-refractivity contribution in [2.75, 3.05) is 13.1 Å². The van der Waals surface area contributed by atoms with Crippen molar-refractivity contribution in [3.63, 3.8) is 0 Å². The Morgan fingerprint density at radius 1 is 1.12 bits per heavy atom. The summed E-state index contributed by atoms with van der Waals surface area (Å²) < 4.78 is 39.8. The Balaban J connectivity index is 1.89. The molecule has 2 aromatic rings. The largest absolute Gasteiger partial charge is 0.451 e. The van der Waals surface area contributed by atoms with Gasteiger partial charge in [-0.2, -0.15) is 13.2 Å². The molecule has 1 atom stereocenters. The maximum absolute atomic E-state index is 13.0. The number of nitrogens with zero attached hydrogens (tertiary/aromatic N) is 4. The lowest BCUT2D eigenvalue weighted by molar-refractivity contribution is -0.147. The summed E-state index contributed by atoms with van der Waals surface area (Å²) >= 11 is 1.01. The van der Waals surface area contributed by atoms with Crippen LogP contribution in [0.15, 0.2) is 35.5 Å². The molecule has 5 nitrogen and oxygen atoms in total. The van der Waals surface area contributed by atoms with Gasteiger partial charge in [-0.05, 0) is 24.8 Å². The van der Waals surface area contributed by atoms with Crippen LogP contribution < -0.4 is 0 Å². The van der Waals surface area contributed by atoms with E-state index in [0.717, 1.165) is 41.2 Å². The molecular weight excluding hydrogens is 365 g/mol. The van der Waals surface area contributed by atoms with Gasteiger partial charge in [-0.15, -0.1) is 10.2 Å². The van der Waals surface area contributed by atoms with Crippen LogP contribution in [-0.4, -0.2) is 38.7 Å². The first-order valence-electron chi connectivity index (χ1n) is 8.35. The van der Waals surface area contributed by atoms with E-state index >= 15 is 0 Å². The first kappa shape index (κ1) is 18.8. The summed E-state index contributed by atoms with van der Waals surface area (Å²) in [4.78, 5) is 14.8. The molecule has 0 spiro atoms. The number of carbonyl (C=O) groups is 1. The van der Waals surface area contributed by atoms with Crippen LogP contribution in [0, 0.1) is 0 Å². The van der Waals surface area contributed by atoms with Crippen molar-refractivity contribution in [2.24, 2.45) is 7.05 Å². The predicted molar refractivity (Wildman–Crippen MR) is 91.5 cm³/mol. The van der Waals surface area contributed by atoms with Crippen LogP contribution in [0.5, 0.6) is 0 Å². The van der Waals surface area contributed by atoms with Crippen LogP contribution in [0.1, 0.15) is 35.9 Å². The van der Waals surface area contributed by atoms with Gasteiger partial charge < -0.3 is 9.47 Å². The summed E-state index contributed by atoms with van der Waals surface area (Å²) in [5, 5.41) is 6.32. The zero-order valence-corrected chi connectivity index (χ0v) is 15.1.